The highest BCUT2D eigenvalue weighted by atomic mass is 32.2. The molecule has 2 aromatic heterocycles. The van der Waals surface area contributed by atoms with Gasteiger partial charge in [0, 0.05) is 29.4 Å². The van der Waals surface area contributed by atoms with Crippen LogP contribution in [0.2, 0.25) is 0 Å². The van der Waals surface area contributed by atoms with E-state index >= 15 is 0 Å². The van der Waals surface area contributed by atoms with Crippen LogP contribution >= 0.6 is 24.0 Å². The predicted molar refractivity (Wildman–Crippen MR) is 186 cm³/mol. The molecule has 0 atom stereocenters. The zero-order valence-electron chi connectivity index (χ0n) is 27.3. The number of carbonyl (C=O) groups is 1. The third kappa shape index (κ3) is 7.18. The summed E-state index contributed by atoms with van der Waals surface area (Å²) in [7, 11) is 4.42. The Hall–Kier alpha value is -4.29. The number of hydrogen-bond donors (Lipinski definition) is 0. The third-order valence-electron chi connectivity index (χ3n) is 8.07. The first-order valence-electron chi connectivity index (χ1n) is 15.5. The van der Waals surface area contributed by atoms with Gasteiger partial charge in [0.25, 0.3) is 5.56 Å². The van der Waals surface area contributed by atoms with Gasteiger partial charge in [-0.15, -0.1) is 0 Å². The summed E-state index contributed by atoms with van der Waals surface area (Å²) in [4.78, 5) is 33.2. The summed E-state index contributed by atoms with van der Waals surface area (Å²) in [6, 6.07) is 15.1. The van der Waals surface area contributed by atoms with E-state index in [0.29, 0.717) is 52.6 Å². The molecule has 0 aliphatic heterocycles. The van der Waals surface area contributed by atoms with Crippen molar-refractivity contribution in [3.8, 4) is 28.6 Å². The fourth-order valence-electron chi connectivity index (χ4n) is 5.91. The number of hydrogen-bond acceptors (Lipinski definition) is 10. The summed E-state index contributed by atoms with van der Waals surface area (Å²) in [6.45, 7) is 5.42. The van der Waals surface area contributed by atoms with Crippen molar-refractivity contribution in [1.82, 2.24) is 14.1 Å². The van der Waals surface area contributed by atoms with Crippen LogP contribution in [0.1, 0.15) is 58.8 Å². The molecule has 0 unspecified atom stereocenters. The standard InChI is InChI=1S/C35H39N3O7S2/c1-6-37-26-15-11-14-25-31(30(26)36-28(37)21-47-35(46)44-7-2)38(19-23-16-17-24(41-3)18-27(23)42-4)33(39)29(34(40)43-5)32(25)45-20-22-12-9-8-10-13-22/h8-10,12-13,16-18H,6-7,11,14-15,19-21H2,1-5H3. The molecular weight excluding hydrogens is 639 g/mol. The monoisotopic (exact) mass is 677 g/mol. The number of fused-ring (bicyclic) bond motifs is 3. The van der Waals surface area contributed by atoms with Gasteiger partial charge in [0.2, 0.25) is 4.38 Å². The van der Waals surface area contributed by atoms with Gasteiger partial charge in [-0.1, -0.05) is 42.1 Å². The van der Waals surface area contributed by atoms with Crippen LogP contribution in [0.25, 0.3) is 11.4 Å². The normalized spacial score (nSPS) is 12.0. The van der Waals surface area contributed by atoms with Crippen molar-refractivity contribution in [2.45, 2.75) is 58.6 Å². The van der Waals surface area contributed by atoms with Gasteiger partial charge in [-0.25, -0.2) is 9.78 Å². The van der Waals surface area contributed by atoms with Crippen molar-refractivity contribution in [1.29, 1.82) is 0 Å². The number of aromatic nitrogens is 3. The second-order valence-corrected chi connectivity index (χ2v) is 12.3. The molecule has 0 saturated heterocycles. The highest BCUT2D eigenvalue weighted by molar-refractivity contribution is 8.22. The summed E-state index contributed by atoms with van der Waals surface area (Å²) in [5, 5.41) is 0. The molecule has 47 heavy (non-hydrogen) atoms. The van der Waals surface area contributed by atoms with Crippen LogP contribution in [0.3, 0.4) is 0 Å². The van der Waals surface area contributed by atoms with Gasteiger partial charge in [-0.2, -0.15) is 0 Å². The van der Waals surface area contributed by atoms with Crippen LogP contribution < -0.4 is 19.8 Å². The van der Waals surface area contributed by atoms with Crippen molar-refractivity contribution in [3.05, 3.63) is 92.7 Å². The highest BCUT2D eigenvalue weighted by Gasteiger charge is 2.33. The molecule has 0 bridgehead atoms. The maximum absolute atomic E-state index is 14.6. The Kier molecular flexibility index (Phi) is 11.3. The molecule has 4 aromatic rings. The summed E-state index contributed by atoms with van der Waals surface area (Å²) >= 11 is 6.80. The Balaban J connectivity index is 1.77. The van der Waals surface area contributed by atoms with E-state index in [4.69, 9.17) is 40.9 Å². The van der Waals surface area contributed by atoms with E-state index in [-0.39, 0.29) is 24.5 Å². The average molecular weight is 678 g/mol. The van der Waals surface area contributed by atoms with E-state index in [9.17, 15) is 9.59 Å². The SMILES string of the molecule is CCOC(=S)SCc1nc2c(n1CC)CCCc1c(OCc3ccccc3)c(C(=O)OC)c(=O)n(Cc3ccc(OC)cc3OC)c1-2. The van der Waals surface area contributed by atoms with E-state index in [1.807, 2.05) is 49.4 Å². The molecule has 1 aliphatic rings. The Morgan fingerprint density at radius 2 is 1.81 bits per heavy atom. The number of imidazole rings is 1. The summed E-state index contributed by atoms with van der Waals surface area (Å²) in [5.41, 5.74) is 3.98. The van der Waals surface area contributed by atoms with Gasteiger partial charge in [0.15, 0.2) is 5.56 Å². The van der Waals surface area contributed by atoms with Crippen LogP contribution in [0, 0.1) is 0 Å². The molecule has 10 nitrogen and oxygen atoms in total. The second kappa shape index (κ2) is 15.5. The fourth-order valence-corrected chi connectivity index (χ4v) is 6.88. The lowest BCUT2D eigenvalue weighted by atomic mass is 10.0. The van der Waals surface area contributed by atoms with Crippen LogP contribution in [-0.2, 0) is 47.8 Å². The van der Waals surface area contributed by atoms with Crippen molar-refractivity contribution in [2.24, 2.45) is 0 Å². The van der Waals surface area contributed by atoms with Gasteiger partial charge < -0.3 is 32.8 Å². The maximum Gasteiger partial charge on any atom is 0.347 e. The zero-order valence-corrected chi connectivity index (χ0v) is 28.9. The number of esters is 1. The van der Waals surface area contributed by atoms with Gasteiger partial charge in [-0.05, 0) is 63.0 Å². The molecule has 0 saturated carbocycles. The van der Waals surface area contributed by atoms with E-state index in [1.165, 1.54) is 18.9 Å². The Morgan fingerprint density at radius 1 is 1.02 bits per heavy atom. The number of carbonyl (C=O) groups excluding carboxylic acids is 1. The van der Waals surface area contributed by atoms with E-state index in [2.05, 4.69) is 11.5 Å². The minimum absolute atomic E-state index is 0.105. The first-order valence-corrected chi connectivity index (χ1v) is 16.9. The minimum Gasteiger partial charge on any atom is -0.497 e. The van der Waals surface area contributed by atoms with Gasteiger partial charge in [0.1, 0.15) is 35.4 Å². The molecule has 1 aliphatic carbocycles. The molecule has 0 amide bonds. The summed E-state index contributed by atoms with van der Waals surface area (Å²) in [6.07, 6.45) is 2.03. The number of ether oxygens (including phenoxy) is 5. The van der Waals surface area contributed by atoms with Gasteiger partial charge in [-0.3, -0.25) is 4.79 Å². The van der Waals surface area contributed by atoms with E-state index < -0.39 is 11.5 Å². The number of pyridine rings is 1. The lowest BCUT2D eigenvalue weighted by Crippen LogP contribution is -2.31. The molecule has 0 fully saturated rings. The molecule has 2 aromatic carbocycles. The highest BCUT2D eigenvalue weighted by Crippen LogP contribution is 2.40. The molecule has 0 spiro atoms. The molecule has 0 N–H and O–H groups in total. The number of benzene rings is 2. The predicted octanol–water partition coefficient (Wildman–Crippen LogP) is 6.21. The molecular formula is C35H39N3O7S2. The van der Waals surface area contributed by atoms with Gasteiger partial charge >= 0.3 is 5.97 Å². The minimum atomic E-state index is -0.763. The topological polar surface area (TPSA) is 103 Å². The molecule has 0 radical (unpaired) electrons. The number of thiocarbonyl (C=S) groups is 1. The van der Waals surface area contributed by atoms with Gasteiger partial charge in [0.05, 0.1) is 45.9 Å². The quantitative estimate of drug-likeness (QED) is 0.127. The lowest BCUT2D eigenvalue weighted by molar-refractivity contribution is 0.0592. The number of rotatable bonds is 12. The number of thioether (sulfide) groups is 1. The summed E-state index contributed by atoms with van der Waals surface area (Å²) < 4.78 is 32.5. The van der Waals surface area contributed by atoms with E-state index in [1.54, 1.807) is 24.9 Å². The fraction of sp³-hybridized carbons (Fsp3) is 0.371. The summed E-state index contributed by atoms with van der Waals surface area (Å²) in [5.74, 6) is 1.95. The number of nitrogens with zero attached hydrogens (tertiary/aromatic N) is 3. The van der Waals surface area contributed by atoms with Crippen molar-refractivity contribution >= 4 is 34.3 Å². The Labute approximate surface area is 284 Å². The first-order chi connectivity index (χ1) is 22.8. The third-order valence-corrected chi connectivity index (χ3v) is 9.30. The molecule has 12 heteroatoms. The van der Waals surface area contributed by atoms with Crippen LogP contribution in [0.5, 0.6) is 17.2 Å². The lowest BCUT2D eigenvalue weighted by Gasteiger charge is -2.22. The molecule has 248 valence electrons. The van der Waals surface area contributed by atoms with Crippen LogP contribution in [-0.4, -0.2) is 52.4 Å². The largest absolute Gasteiger partial charge is 0.497 e. The van der Waals surface area contributed by atoms with Crippen molar-refractivity contribution in [3.63, 3.8) is 0 Å². The molecule has 5 rings (SSSR count). The van der Waals surface area contributed by atoms with Crippen LogP contribution in [0.4, 0.5) is 0 Å². The average Bonchev–Trinajstić information content (AvgIpc) is 3.33. The van der Waals surface area contributed by atoms with Crippen LogP contribution in [0.15, 0.2) is 53.3 Å². The maximum atomic E-state index is 14.6. The second-order valence-electron chi connectivity index (χ2n) is 10.8. The molecule has 2 heterocycles. The zero-order chi connectivity index (χ0) is 33.5. The smallest absolute Gasteiger partial charge is 0.347 e. The van der Waals surface area contributed by atoms with E-state index in [0.717, 1.165) is 41.1 Å². The van der Waals surface area contributed by atoms with Crippen molar-refractivity contribution < 1.29 is 28.5 Å². The number of methoxy groups -OCH3 is 3. The Bertz CT molecular complexity index is 1820. The van der Waals surface area contributed by atoms with Crippen molar-refractivity contribution in [2.75, 3.05) is 27.9 Å². The Morgan fingerprint density at radius 3 is 2.49 bits per heavy atom. The first kappa shape index (κ1) is 34.1.